The third kappa shape index (κ3) is 2.86. The van der Waals surface area contributed by atoms with Crippen molar-refractivity contribution in [3.05, 3.63) is 18.0 Å². The number of hydrogen-bond acceptors (Lipinski definition) is 5. The number of rotatable bonds is 3. The summed E-state index contributed by atoms with van der Waals surface area (Å²) in [7, 11) is 0. The first-order valence-corrected chi connectivity index (χ1v) is 5.61. The van der Waals surface area contributed by atoms with Gasteiger partial charge in [-0.1, -0.05) is 5.16 Å². The fraction of sp³-hybridized carbons (Fsp3) is 0.545. The van der Waals surface area contributed by atoms with Crippen molar-refractivity contribution < 1.29 is 24.0 Å². The van der Waals surface area contributed by atoms with E-state index in [1.54, 1.807) is 13.0 Å². The lowest BCUT2D eigenvalue weighted by Gasteiger charge is -2.34. The summed E-state index contributed by atoms with van der Waals surface area (Å²) in [5.74, 6) is -1.23. The maximum absolute atomic E-state index is 12.0. The van der Waals surface area contributed by atoms with Crippen LogP contribution >= 0.6 is 0 Å². The topological polar surface area (TPSA) is 92.9 Å². The van der Waals surface area contributed by atoms with Gasteiger partial charge in [-0.05, 0) is 6.92 Å². The SMILES string of the molecule is C[C@@H]1CN(C(=O)Cc2ccon2)CC(C(=O)O)O1. The van der Waals surface area contributed by atoms with Gasteiger partial charge >= 0.3 is 5.97 Å². The minimum atomic E-state index is -1.05. The molecule has 0 saturated carbocycles. The molecule has 2 heterocycles. The maximum atomic E-state index is 12.0. The van der Waals surface area contributed by atoms with E-state index in [2.05, 4.69) is 9.68 Å². The number of aliphatic carboxylic acids is 1. The lowest BCUT2D eigenvalue weighted by atomic mass is 10.2. The zero-order chi connectivity index (χ0) is 13.1. The molecule has 0 spiro atoms. The predicted octanol–water partition coefficient (Wildman–Crippen LogP) is -0.0824. The average Bonchev–Trinajstić information content (AvgIpc) is 2.80. The molecule has 2 atom stereocenters. The molecule has 1 amide bonds. The summed E-state index contributed by atoms with van der Waals surface area (Å²) in [6, 6.07) is 1.61. The van der Waals surface area contributed by atoms with Crippen molar-refractivity contribution in [3.8, 4) is 0 Å². The van der Waals surface area contributed by atoms with Crippen LogP contribution in [-0.2, 0) is 20.7 Å². The van der Waals surface area contributed by atoms with E-state index in [1.165, 1.54) is 11.2 Å². The molecule has 1 saturated heterocycles. The normalized spacial score (nSPS) is 23.9. The summed E-state index contributed by atoms with van der Waals surface area (Å²) < 4.78 is 9.88. The van der Waals surface area contributed by atoms with E-state index in [0.29, 0.717) is 12.2 Å². The smallest absolute Gasteiger partial charge is 0.334 e. The number of amides is 1. The van der Waals surface area contributed by atoms with Gasteiger partial charge in [0.1, 0.15) is 6.26 Å². The summed E-state index contributed by atoms with van der Waals surface area (Å²) >= 11 is 0. The number of ether oxygens (including phenoxy) is 1. The van der Waals surface area contributed by atoms with E-state index in [4.69, 9.17) is 9.84 Å². The molecule has 1 unspecified atom stereocenters. The lowest BCUT2D eigenvalue weighted by Crippen LogP contribution is -2.52. The van der Waals surface area contributed by atoms with E-state index >= 15 is 0 Å². The van der Waals surface area contributed by atoms with Crippen LogP contribution in [0.2, 0.25) is 0 Å². The Kier molecular flexibility index (Phi) is 3.61. The predicted molar refractivity (Wildman–Crippen MR) is 58.8 cm³/mol. The number of carboxylic acids is 1. The van der Waals surface area contributed by atoms with Crippen LogP contribution in [0.1, 0.15) is 12.6 Å². The minimum Gasteiger partial charge on any atom is -0.479 e. The van der Waals surface area contributed by atoms with Crippen LogP contribution in [0.5, 0.6) is 0 Å². The summed E-state index contributed by atoms with van der Waals surface area (Å²) in [5.41, 5.74) is 0.533. The lowest BCUT2D eigenvalue weighted by molar-refractivity contribution is -0.166. The molecule has 7 nitrogen and oxygen atoms in total. The fourth-order valence-electron chi connectivity index (χ4n) is 1.89. The molecule has 1 fully saturated rings. The van der Waals surface area contributed by atoms with Gasteiger partial charge in [0.25, 0.3) is 0 Å². The number of aromatic nitrogens is 1. The van der Waals surface area contributed by atoms with Crippen molar-refractivity contribution in [2.24, 2.45) is 0 Å². The van der Waals surface area contributed by atoms with Crippen LogP contribution in [0.15, 0.2) is 16.9 Å². The van der Waals surface area contributed by atoms with Gasteiger partial charge in [0.05, 0.1) is 24.8 Å². The standard InChI is InChI=1S/C11H14N2O5/c1-7-5-13(6-9(18-7)11(15)16)10(14)4-8-2-3-17-12-8/h2-3,7,9H,4-6H2,1H3,(H,15,16)/t7-,9?/m1/s1. The first-order chi connectivity index (χ1) is 8.56. The van der Waals surface area contributed by atoms with E-state index in [-0.39, 0.29) is 25.0 Å². The van der Waals surface area contributed by atoms with Gasteiger partial charge in [-0.25, -0.2) is 4.79 Å². The van der Waals surface area contributed by atoms with Gasteiger partial charge in [0, 0.05) is 12.6 Å². The van der Waals surface area contributed by atoms with Crippen molar-refractivity contribution >= 4 is 11.9 Å². The second kappa shape index (κ2) is 5.18. The number of carbonyl (C=O) groups excluding carboxylic acids is 1. The molecule has 1 N–H and O–H groups in total. The fourth-order valence-corrected chi connectivity index (χ4v) is 1.89. The molecule has 0 radical (unpaired) electrons. The summed E-state index contributed by atoms with van der Waals surface area (Å²) in [4.78, 5) is 24.4. The first kappa shape index (κ1) is 12.6. The molecule has 1 aromatic heterocycles. The highest BCUT2D eigenvalue weighted by atomic mass is 16.5. The van der Waals surface area contributed by atoms with Gasteiger partial charge < -0.3 is 19.3 Å². The molecule has 1 aromatic rings. The molecule has 1 aliphatic heterocycles. The van der Waals surface area contributed by atoms with Crippen LogP contribution < -0.4 is 0 Å². The number of carbonyl (C=O) groups is 2. The number of hydrogen-bond donors (Lipinski definition) is 1. The third-order valence-electron chi connectivity index (χ3n) is 2.71. The molecule has 0 aliphatic carbocycles. The van der Waals surface area contributed by atoms with Crippen molar-refractivity contribution in [2.45, 2.75) is 25.6 Å². The number of morpholine rings is 1. The molecule has 98 valence electrons. The largest absolute Gasteiger partial charge is 0.479 e. The first-order valence-electron chi connectivity index (χ1n) is 5.61. The highest BCUT2D eigenvalue weighted by Crippen LogP contribution is 2.13. The van der Waals surface area contributed by atoms with Gasteiger partial charge in [-0.2, -0.15) is 0 Å². The Bertz CT molecular complexity index is 431. The van der Waals surface area contributed by atoms with Gasteiger partial charge in [0.15, 0.2) is 6.10 Å². The van der Waals surface area contributed by atoms with E-state index in [9.17, 15) is 9.59 Å². The van der Waals surface area contributed by atoms with Crippen molar-refractivity contribution in [1.82, 2.24) is 10.1 Å². The Morgan fingerprint density at radius 1 is 1.56 bits per heavy atom. The maximum Gasteiger partial charge on any atom is 0.334 e. The van der Waals surface area contributed by atoms with E-state index in [0.717, 1.165) is 0 Å². The van der Waals surface area contributed by atoms with Crippen molar-refractivity contribution in [1.29, 1.82) is 0 Å². The van der Waals surface area contributed by atoms with Crippen LogP contribution in [0.3, 0.4) is 0 Å². The Balaban J connectivity index is 1.99. The monoisotopic (exact) mass is 254 g/mol. The zero-order valence-electron chi connectivity index (χ0n) is 9.91. The molecule has 7 heteroatoms. The second-order valence-corrected chi connectivity index (χ2v) is 4.24. The highest BCUT2D eigenvalue weighted by Gasteiger charge is 2.32. The number of carboxylic acid groups (broad SMARTS) is 1. The Hall–Kier alpha value is -1.89. The van der Waals surface area contributed by atoms with Crippen LogP contribution in [-0.4, -0.2) is 52.3 Å². The highest BCUT2D eigenvalue weighted by molar-refractivity contribution is 5.80. The summed E-state index contributed by atoms with van der Waals surface area (Å²) in [6.45, 7) is 2.20. The third-order valence-corrected chi connectivity index (χ3v) is 2.71. The molecular weight excluding hydrogens is 240 g/mol. The van der Waals surface area contributed by atoms with Crippen molar-refractivity contribution in [3.63, 3.8) is 0 Å². The van der Waals surface area contributed by atoms with Gasteiger partial charge in [-0.3, -0.25) is 4.79 Å². The summed E-state index contributed by atoms with van der Waals surface area (Å²) in [5, 5.41) is 12.6. The molecule has 0 bridgehead atoms. The Morgan fingerprint density at radius 3 is 2.94 bits per heavy atom. The van der Waals surface area contributed by atoms with Crippen molar-refractivity contribution in [2.75, 3.05) is 13.1 Å². The number of nitrogens with zero attached hydrogens (tertiary/aromatic N) is 2. The van der Waals surface area contributed by atoms with Crippen LogP contribution in [0.4, 0.5) is 0 Å². The van der Waals surface area contributed by atoms with Gasteiger partial charge in [0.2, 0.25) is 5.91 Å². The molecule has 0 aromatic carbocycles. The van der Waals surface area contributed by atoms with E-state index in [1.807, 2.05) is 0 Å². The average molecular weight is 254 g/mol. The van der Waals surface area contributed by atoms with Crippen LogP contribution in [0, 0.1) is 0 Å². The van der Waals surface area contributed by atoms with E-state index < -0.39 is 12.1 Å². The second-order valence-electron chi connectivity index (χ2n) is 4.24. The molecule has 2 rings (SSSR count). The molecule has 18 heavy (non-hydrogen) atoms. The Morgan fingerprint density at radius 2 is 2.33 bits per heavy atom. The molecule has 1 aliphatic rings. The van der Waals surface area contributed by atoms with Gasteiger partial charge in [-0.15, -0.1) is 0 Å². The quantitative estimate of drug-likeness (QED) is 0.810. The molecular formula is C11H14N2O5. The minimum absolute atomic E-state index is 0.0658. The summed E-state index contributed by atoms with van der Waals surface area (Å²) in [6.07, 6.45) is 0.247. The van der Waals surface area contributed by atoms with Crippen LogP contribution in [0.25, 0.3) is 0 Å². The Labute approximate surface area is 103 Å². The zero-order valence-corrected chi connectivity index (χ0v) is 9.91.